The van der Waals surface area contributed by atoms with Crippen LogP contribution in [0.5, 0.6) is 0 Å². The van der Waals surface area contributed by atoms with Crippen LogP contribution in [-0.2, 0) is 14.6 Å². The molecule has 0 spiro atoms. The Balaban J connectivity index is 2.34. The summed E-state index contributed by atoms with van der Waals surface area (Å²) in [5, 5.41) is 8.23. The van der Waals surface area contributed by atoms with Gasteiger partial charge in [0.2, 0.25) is 0 Å². The summed E-state index contributed by atoms with van der Waals surface area (Å²) >= 11 is 0. The molecule has 1 aliphatic carbocycles. The van der Waals surface area contributed by atoms with Crippen molar-refractivity contribution in [1.29, 1.82) is 0 Å². The first-order valence-corrected chi connectivity index (χ1v) is 7.26. The van der Waals surface area contributed by atoms with Gasteiger partial charge in [0.05, 0.1) is 11.2 Å². The van der Waals surface area contributed by atoms with E-state index in [9.17, 15) is 13.2 Å². The third kappa shape index (κ3) is 2.20. The Morgan fingerprint density at radius 3 is 2.12 bits per heavy atom. The summed E-state index contributed by atoms with van der Waals surface area (Å²) in [6.45, 7) is 1.93. The second-order valence-electron chi connectivity index (χ2n) is 4.59. The molecule has 1 N–H and O–H groups in total. The first-order valence-electron chi connectivity index (χ1n) is 5.30. The molecule has 5 heteroatoms. The van der Waals surface area contributed by atoms with Gasteiger partial charge in [0.1, 0.15) is 0 Å². The highest BCUT2D eigenvalue weighted by molar-refractivity contribution is 7.91. The number of sulfone groups is 1. The molecule has 1 saturated carbocycles. The lowest BCUT2D eigenvalue weighted by molar-refractivity contribution is -0.138. The molecule has 1 aromatic carbocycles. The molecule has 1 aromatic rings. The van der Waals surface area contributed by atoms with Crippen molar-refractivity contribution in [1.82, 2.24) is 0 Å². The van der Waals surface area contributed by atoms with E-state index >= 15 is 0 Å². The van der Waals surface area contributed by atoms with E-state index in [1.165, 1.54) is 0 Å². The smallest absolute Gasteiger partial charge is 0.308 e. The molecular formula is C12H14O4S. The zero-order valence-electron chi connectivity index (χ0n) is 9.62. The fraction of sp³-hybridized carbons (Fsp3) is 0.417. The molecule has 4 nitrogen and oxygen atoms in total. The summed E-state index contributed by atoms with van der Waals surface area (Å²) in [4.78, 5) is 11.0. The van der Waals surface area contributed by atoms with Gasteiger partial charge < -0.3 is 5.11 Å². The molecule has 2 rings (SSSR count). The van der Waals surface area contributed by atoms with Gasteiger partial charge in [0, 0.05) is 12.2 Å². The Hall–Kier alpha value is -1.36. The van der Waals surface area contributed by atoms with Crippen molar-refractivity contribution in [2.45, 2.75) is 18.1 Å². The standard InChI is InChI=1S/C12H14O4S/c1-7-3-5-8(6-4-7)9-10(12(13)14)11(9)17(2,15)16/h3-6,9-11H,1-2H3,(H,13,14)/t9-,10+,11+/m1/s1. The molecule has 0 radical (unpaired) electrons. The Labute approximate surface area is 100 Å². The van der Waals surface area contributed by atoms with E-state index in [4.69, 9.17) is 5.11 Å². The van der Waals surface area contributed by atoms with E-state index < -0.39 is 32.9 Å². The molecule has 17 heavy (non-hydrogen) atoms. The van der Waals surface area contributed by atoms with E-state index in [2.05, 4.69) is 0 Å². The predicted molar refractivity (Wildman–Crippen MR) is 63.7 cm³/mol. The number of carbonyl (C=O) groups is 1. The third-order valence-electron chi connectivity index (χ3n) is 3.20. The van der Waals surface area contributed by atoms with Crippen LogP contribution in [0.15, 0.2) is 24.3 Å². The average Bonchev–Trinajstić information content (AvgIpc) is 2.93. The summed E-state index contributed by atoms with van der Waals surface area (Å²) < 4.78 is 23.0. The van der Waals surface area contributed by atoms with Crippen LogP contribution in [-0.4, -0.2) is 31.0 Å². The summed E-state index contributed by atoms with van der Waals surface area (Å²) in [5.74, 6) is -2.23. The van der Waals surface area contributed by atoms with E-state index in [0.29, 0.717) is 0 Å². The van der Waals surface area contributed by atoms with E-state index in [1.807, 2.05) is 19.1 Å². The number of carboxylic acid groups (broad SMARTS) is 1. The second-order valence-corrected chi connectivity index (χ2v) is 6.80. The first kappa shape index (κ1) is 12.1. The fourth-order valence-corrected chi connectivity index (χ4v) is 3.88. The van der Waals surface area contributed by atoms with Crippen molar-refractivity contribution >= 4 is 15.8 Å². The van der Waals surface area contributed by atoms with Crippen LogP contribution < -0.4 is 0 Å². The van der Waals surface area contributed by atoms with Crippen LogP contribution in [0.1, 0.15) is 17.0 Å². The highest BCUT2D eigenvalue weighted by atomic mass is 32.2. The maximum absolute atomic E-state index is 11.5. The molecule has 0 aliphatic heterocycles. The predicted octanol–water partition coefficient (Wildman–Crippen LogP) is 1.21. The number of aliphatic carboxylic acids is 1. The number of hydrogen-bond acceptors (Lipinski definition) is 3. The van der Waals surface area contributed by atoms with Crippen LogP contribution in [0.25, 0.3) is 0 Å². The Morgan fingerprint density at radius 1 is 1.24 bits per heavy atom. The van der Waals surface area contributed by atoms with E-state index in [1.54, 1.807) is 12.1 Å². The van der Waals surface area contributed by atoms with Gasteiger partial charge in [0.15, 0.2) is 9.84 Å². The maximum Gasteiger partial charge on any atom is 0.308 e. The Morgan fingerprint density at radius 2 is 1.76 bits per heavy atom. The topological polar surface area (TPSA) is 71.4 Å². The number of benzene rings is 1. The van der Waals surface area contributed by atoms with Crippen molar-refractivity contribution in [3.05, 3.63) is 35.4 Å². The molecule has 0 aromatic heterocycles. The lowest BCUT2D eigenvalue weighted by Crippen LogP contribution is -2.10. The third-order valence-corrected chi connectivity index (χ3v) is 4.77. The largest absolute Gasteiger partial charge is 0.481 e. The molecule has 0 bridgehead atoms. The summed E-state index contributed by atoms with van der Waals surface area (Å²) in [5.41, 5.74) is 1.86. The van der Waals surface area contributed by atoms with Gasteiger partial charge >= 0.3 is 5.97 Å². The molecule has 0 amide bonds. The number of rotatable bonds is 3. The molecule has 0 heterocycles. The van der Waals surface area contributed by atoms with Crippen LogP contribution in [0.4, 0.5) is 0 Å². The Bertz CT molecular complexity index is 544. The summed E-state index contributed by atoms with van der Waals surface area (Å²) in [7, 11) is -3.31. The van der Waals surface area contributed by atoms with Gasteiger partial charge in [-0.2, -0.15) is 0 Å². The molecule has 0 unspecified atom stereocenters. The second kappa shape index (κ2) is 3.84. The lowest BCUT2D eigenvalue weighted by Gasteiger charge is -1.99. The van der Waals surface area contributed by atoms with Crippen LogP contribution >= 0.6 is 0 Å². The number of hydrogen-bond donors (Lipinski definition) is 1. The SMILES string of the molecule is Cc1ccc([C@@H]2[C@H](C(=O)O)[C@H]2S(C)(=O)=O)cc1. The van der Waals surface area contributed by atoms with Gasteiger partial charge in [-0.1, -0.05) is 29.8 Å². The van der Waals surface area contributed by atoms with Gasteiger partial charge in [-0.15, -0.1) is 0 Å². The van der Waals surface area contributed by atoms with Crippen LogP contribution in [0.3, 0.4) is 0 Å². The highest BCUT2D eigenvalue weighted by Gasteiger charge is 2.61. The molecule has 3 atom stereocenters. The maximum atomic E-state index is 11.5. The minimum Gasteiger partial charge on any atom is -0.481 e. The van der Waals surface area contributed by atoms with E-state index in [-0.39, 0.29) is 0 Å². The quantitative estimate of drug-likeness (QED) is 0.880. The van der Waals surface area contributed by atoms with Gasteiger partial charge in [-0.25, -0.2) is 8.42 Å². The zero-order valence-corrected chi connectivity index (χ0v) is 10.4. The van der Waals surface area contributed by atoms with Crippen molar-refractivity contribution < 1.29 is 18.3 Å². The molecule has 92 valence electrons. The minimum atomic E-state index is -3.31. The monoisotopic (exact) mass is 254 g/mol. The molecule has 1 fully saturated rings. The molecular weight excluding hydrogens is 240 g/mol. The van der Waals surface area contributed by atoms with E-state index in [0.717, 1.165) is 17.4 Å². The summed E-state index contributed by atoms with van der Waals surface area (Å²) in [6, 6.07) is 7.35. The number of aryl methyl sites for hydroxylation is 1. The first-order chi connectivity index (χ1) is 7.82. The number of carboxylic acids is 1. The van der Waals surface area contributed by atoms with Gasteiger partial charge in [0.25, 0.3) is 0 Å². The summed E-state index contributed by atoms with van der Waals surface area (Å²) in [6.07, 6.45) is 1.10. The van der Waals surface area contributed by atoms with Crippen LogP contribution in [0.2, 0.25) is 0 Å². The van der Waals surface area contributed by atoms with Gasteiger partial charge in [-0.3, -0.25) is 4.79 Å². The lowest BCUT2D eigenvalue weighted by atomic mass is 10.1. The van der Waals surface area contributed by atoms with Crippen molar-refractivity contribution in [2.24, 2.45) is 5.92 Å². The average molecular weight is 254 g/mol. The fourth-order valence-electron chi connectivity index (χ4n) is 2.30. The normalized spacial score (nSPS) is 27.8. The zero-order chi connectivity index (χ0) is 12.8. The molecule has 0 saturated heterocycles. The molecule has 1 aliphatic rings. The van der Waals surface area contributed by atoms with Crippen LogP contribution in [0, 0.1) is 12.8 Å². The van der Waals surface area contributed by atoms with Crippen molar-refractivity contribution in [3.63, 3.8) is 0 Å². The minimum absolute atomic E-state index is 0.400. The highest BCUT2D eigenvalue weighted by Crippen LogP contribution is 2.52. The van der Waals surface area contributed by atoms with Gasteiger partial charge in [-0.05, 0) is 12.5 Å². The Kier molecular flexibility index (Phi) is 2.73. The van der Waals surface area contributed by atoms with Crippen molar-refractivity contribution in [3.8, 4) is 0 Å². The van der Waals surface area contributed by atoms with Crippen molar-refractivity contribution in [2.75, 3.05) is 6.26 Å².